The molecule has 2 aromatic rings. The van der Waals surface area contributed by atoms with E-state index in [4.69, 9.17) is 0 Å². The standard InChI is InChI=1S/C17H18N4O5/c1-11(12-5-4-6-13(9-12)20(23)24)18-17(22)15-10-14(21(25)26)7-8-16(15)19(2)3/h4-11H,1-3H3,(H,18,22). The minimum atomic E-state index is -0.569. The summed E-state index contributed by atoms with van der Waals surface area (Å²) in [5.74, 6) is -0.503. The average Bonchev–Trinajstić information content (AvgIpc) is 2.60. The van der Waals surface area contributed by atoms with Crippen molar-refractivity contribution in [3.8, 4) is 0 Å². The van der Waals surface area contributed by atoms with Gasteiger partial charge in [-0.05, 0) is 18.6 Å². The highest BCUT2D eigenvalue weighted by Crippen LogP contribution is 2.25. The van der Waals surface area contributed by atoms with Crippen LogP contribution in [0, 0.1) is 20.2 Å². The summed E-state index contributed by atoms with van der Waals surface area (Å²) >= 11 is 0. The Balaban J connectivity index is 2.31. The second-order valence-corrected chi connectivity index (χ2v) is 5.90. The third kappa shape index (κ3) is 4.12. The number of benzene rings is 2. The van der Waals surface area contributed by atoms with E-state index in [1.54, 1.807) is 32.0 Å². The van der Waals surface area contributed by atoms with Gasteiger partial charge in [0.15, 0.2) is 0 Å². The second-order valence-electron chi connectivity index (χ2n) is 5.90. The minimum Gasteiger partial charge on any atom is -0.377 e. The van der Waals surface area contributed by atoms with Crippen LogP contribution in [0.4, 0.5) is 17.1 Å². The van der Waals surface area contributed by atoms with E-state index in [1.807, 2.05) is 0 Å². The quantitative estimate of drug-likeness (QED) is 0.626. The summed E-state index contributed by atoms with van der Waals surface area (Å²) in [5.41, 5.74) is 0.974. The number of nitro benzene ring substituents is 2. The van der Waals surface area contributed by atoms with Crippen molar-refractivity contribution in [2.24, 2.45) is 0 Å². The van der Waals surface area contributed by atoms with E-state index in [9.17, 15) is 25.0 Å². The second kappa shape index (κ2) is 7.60. The Morgan fingerprint density at radius 1 is 1.04 bits per heavy atom. The van der Waals surface area contributed by atoms with E-state index in [1.165, 1.54) is 36.4 Å². The lowest BCUT2D eigenvalue weighted by atomic mass is 10.1. The molecular formula is C17H18N4O5. The van der Waals surface area contributed by atoms with Crippen molar-refractivity contribution in [3.63, 3.8) is 0 Å². The van der Waals surface area contributed by atoms with E-state index < -0.39 is 21.8 Å². The normalized spacial score (nSPS) is 11.5. The van der Waals surface area contributed by atoms with Crippen molar-refractivity contribution >= 4 is 23.0 Å². The summed E-state index contributed by atoms with van der Waals surface area (Å²) in [7, 11) is 3.45. The van der Waals surface area contributed by atoms with Crippen molar-refractivity contribution in [2.75, 3.05) is 19.0 Å². The molecule has 0 aliphatic heterocycles. The van der Waals surface area contributed by atoms with E-state index in [0.29, 0.717) is 11.3 Å². The van der Waals surface area contributed by atoms with Crippen LogP contribution < -0.4 is 10.2 Å². The molecule has 0 aliphatic carbocycles. The predicted octanol–water partition coefficient (Wildman–Crippen LogP) is 3.06. The van der Waals surface area contributed by atoms with Crippen LogP contribution >= 0.6 is 0 Å². The number of nitrogens with one attached hydrogen (secondary N) is 1. The summed E-state index contributed by atoms with van der Waals surface area (Å²) in [6, 6.07) is 9.48. The van der Waals surface area contributed by atoms with E-state index in [-0.39, 0.29) is 16.9 Å². The molecule has 2 aromatic carbocycles. The zero-order valence-electron chi connectivity index (χ0n) is 14.5. The number of non-ortho nitro benzene ring substituents is 2. The molecule has 0 bridgehead atoms. The molecule has 1 unspecified atom stereocenters. The topological polar surface area (TPSA) is 119 Å². The predicted molar refractivity (Wildman–Crippen MR) is 96.4 cm³/mol. The molecule has 0 radical (unpaired) electrons. The molecular weight excluding hydrogens is 340 g/mol. The van der Waals surface area contributed by atoms with Gasteiger partial charge >= 0.3 is 0 Å². The van der Waals surface area contributed by atoms with Crippen LogP contribution in [0.2, 0.25) is 0 Å². The van der Waals surface area contributed by atoms with E-state index >= 15 is 0 Å². The lowest BCUT2D eigenvalue weighted by molar-refractivity contribution is -0.385. The van der Waals surface area contributed by atoms with Gasteiger partial charge in [-0.3, -0.25) is 25.0 Å². The first-order valence-corrected chi connectivity index (χ1v) is 7.71. The maximum atomic E-state index is 12.7. The number of carbonyl (C=O) groups is 1. The van der Waals surface area contributed by atoms with Gasteiger partial charge in [0.2, 0.25) is 0 Å². The Morgan fingerprint density at radius 3 is 2.23 bits per heavy atom. The number of nitrogens with zero attached hydrogens (tertiary/aromatic N) is 3. The Hall–Kier alpha value is -3.49. The van der Waals surface area contributed by atoms with Gasteiger partial charge in [-0.2, -0.15) is 0 Å². The highest BCUT2D eigenvalue weighted by molar-refractivity contribution is 6.00. The van der Waals surface area contributed by atoms with E-state index in [0.717, 1.165) is 0 Å². The summed E-state index contributed by atoms with van der Waals surface area (Å²) in [6.07, 6.45) is 0. The van der Waals surface area contributed by atoms with Crippen LogP contribution in [0.25, 0.3) is 0 Å². The van der Waals surface area contributed by atoms with Gasteiger partial charge in [0, 0.05) is 44.0 Å². The molecule has 0 aliphatic rings. The summed E-state index contributed by atoms with van der Waals surface area (Å²) in [5, 5.41) is 24.6. The van der Waals surface area contributed by atoms with Crippen LogP contribution in [-0.4, -0.2) is 29.8 Å². The highest BCUT2D eigenvalue weighted by atomic mass is 16.6. The fourth-order valence-corrected chi connectivity index (χ4v) is 2.47. The molecule has 1 N–H and O–H groups in total. The molecule has 0 aromatic heterocycles. The van der Waals surface area contributed by atoms with E-state index in [2.05, 4.69) is 5.32 Å². The third-order valence-corrected chi connectivity index (χ3v) is 3.85. The van der Waals surface area contributed by atoms with Gasteiger partial charge in [0.25, 0.3) is 17.3 Å². The number of nitro groups is 2. The van der Waals surface area contributed by atoms with Gasteiger partial charge < -0.3 is 10.2 Å². The first kappa shape index (κ1) is 18.8. The zero-order chi connectivity index (χ0) is 19.4. The van der Waals surface area contributed by atoms with Crippen molar-refractivity contribution in [1.82, 2.24) is 5.32 Å². The number of hydrogen-bond donors (Lipinski definition) is 1. The molecule has 0 saturated heterocycles. The number of carbonyl (C=O) groups excluding carboxylic acids is 1. The number of hydrogen-bond acceptors (Lipinski definition) is 6. The molecule has 9 heteroatoms. The van der Waals surface area contributed by atoms with Crippen LogP contribution in [0.15, 0.2) is 42.5 Å². The van der Waals surface area contributed by atoms with Crippen molar-refractivity contribution in [3.05, 3.63) is 73.8 Å². The smallest absolute Gasteiger partial charge is 0.270 e. The fourth-order valence-electron chi connectivity index (χ4n) is 2.47. The van der Waals surface area contributed by atoms with Gasteiger partial charge in [0.1, 0.15) is 0 Å². The fraction of sp³-hybridized carbons (Fsp3) is 0.235. The molecule has 1 amide bonds. The first-order valence-electron chi connectivity index (χ1n) is 7.71. The monoisotopic (exact) mass is 358 g/mol. The minimum absolute atomic E-state index is 0.0760. The molecule has 0 heterocycles. The number of anilines is 1. The van der Waals surface area contributed by atoms with Gasteiger partial charge in [-0.15, -0.1) is 0 Å². The SMILES string of the molecule is CC(NC(=O)c1cc([N+](=O)[O-])ccc1N(C)C)c1cccc([N+](=O)[O-])c1. The lowest BCUT2D eigenvalue weighted by Crippen LogP contribution is -2.28. The summed E-state index contributed by atoms with van der Waals surface area (Å²) in [4.78, 5) is 35.1. The number of rotatable bonds is 6. The molecule has 0 fully saturated rings. The van der Waals surface area contributed by atoms with Crippen molar-refractivity contribution in [2.45, 2.75) is 13.0 Å². The molecule has 26 heavy (non-hydrogen) atoms. The Kier molecular flexibility index (Phi) is 5.51. The zero-order valence-corrected chi connectivity index (χ0v) is 14.5. The largest absolute Gasteiger partial charge is 0.377 e. The van der Waals surface area contributed by atoms with Crippen LogP contribution in [0.3, 0.4) is 0 Å². The molecule has 2 rings (SSSR count). The highest BCUT2D eigenvalue weighted by Gasteiger charge is 2.20. The first-order chi connectivity index (χ1) is 12.2. The Labute approximate surface area is 149 Å². The molecule has 0 spiro atoms. The van der Waals surface area contributed by atoms with Crippen LogP contribution in [-0.2, 0) is 0 Å². The molecule has 136 valence electrons. The maximum absolute atomic E-state index is 12.7. The lowest BCUT2D eigenvalue weighted by Gasteiger charge is -2.19. The van der Waals surface area contributed by atoms with Crippen molar-refractivity contribution < 1.29 is 14.6 Å². The van der Waals surface area contributed by atoms with Crippen LogP contribution in [0.5, 0.6) is 0 Å². The Morgan fingerprint density at radius 2 is 1.65 bits per heavy atom. The maximum Gasteiger partial charge on any atom is 0.270 e. The summed E-state index contributed by atoms with van der Waals surface area (Å²) < 4.78 is 0. The summed E-state index contributed by atoms with van der Waals surface area (Å²) in [6.45, 7) is 1.68. The van der Waals surface area contributed by atoms with Gasteiger partial charge in [0.05, 0.1) is 21.5 Å². The molecule has 1 atom stereocenters. The van der Waals surface area contributed by atoms with Gasteiger partial charge in [-0.25, -0.2) is 0 Å². The van der Waals surface area contributed by atoms with Crippen LogP contribution in [0.1, 0.15) is 28.9 Å². The Bertz CT molecular complexity index is 866. The average molecular weight is 358 g/mol. The number of amides is 1. The molecule has 9 nitrogen and oxygen atoms in total. The third-order valence-electron chi connectivity index (χ3n) is 3.85. The van der Waals surface area contributed by atoms with Crippen molar-refractivity contribution in [1.29, 1.82) is 0 Å². The molecule has 0 saturated carbocycles. The van der Waals surface area contributed by atoms with Gasteiger partial charge in [-0.1, -0.05) is 12.1 Å².